The zero-order valence-corrected chi connectivity index (χ0v) is 7.30. The zero-order valence-electron chi connectivity index (χ0n) is 7.30. The van der Waals surface area contributed by atoms with Crippen LogP contribution in [0.3, 0.4) is 0 Å². The summed E-state index contributed by atoms with van der Waals surface area (Å²) in [6, 6.07) is 0.0242. The summed E-state index contributed by atoms with van der Waals surface area (Å²) in [6.45, 7) is 3.59. The minimum absolute atomic E-state index is 0.0242. The van der Waals surface area contributed by atoms with Gasteiger partial charge in [0.2, 0.25) is 0 Å². The summed E-state index contributed by atoms with van der Waals surface area (Å²) in [7, 11) is 0. The van der Waals surface area contributed by atoms with E-state index in [-0.39, 0.29) is 6.04 Å². The second kappa shape index (κ2) is 4.41. The van der Waals surface area contributed by atoms with Crippen LogP contribution in [0.4, 0.5) is 4.39 Å². The topological polar surface area (TPSA) is 26.0 Å². The first-order valence-electron chi connectivity index (χ1n) is 4.42. The maximum Gasteiger partial charge on any atom is 0.104 e. The fraction of sp³-hybridized carbons (Fsp3) is 0.600. The molecule has 0 heterocycles. The summed E-state index contributed by atoms with van der Waals surface area (Å²) in [4.78, 5) is 0. The van der Waals surface area contributed by atoms with Crippen LogP contribution in [0.5, 0.6) is 0 Å². The van der Waals surface area contributed by atoms with Crippen LogP contribution < -0.4 is 5.73 Å². The molecule has 0 radical (unpaired) electrons. The van der Waals surface area contributed by atoms with Crippen molar-refractivity contribution in [3.8, 4) is 0 Å². The molecule has 2 unspecified atom stereocenters. The molecule has 1 aliphatic carbocycles. The van der Waals surface area contributed by atoms with E-state index in [1.165, 1.54) is 5.57 Å². The smallest absolute Gasteiger partial charge is 0.104 e. The van der Waals surface area contributed by atoms with Crippen molar-refractivity contribution in [2.24, 2.45) is 5.73 Å². The van der Waals surface area contributed by atoms with E-state index in [9.17, 15) is 4.39 Å². The minimum atomic E-state index is -0.615. The average Bonchev–Trinajstić information content (AvgIpc) is 2.47. The highest BCUT2D eigenvalue weighted by Gasteiger charge is 2.17. The molecule has 2 N–H and O–H groups in total. The van der Waals surface area contributed by atoms with E-state index in [0.717, 1.165) is 12.8 Å². The van der Waals surface area contributed by atoms with Crippen LogP contribution in [0.15, 0.2) is 24.3 Å². The van der Waals surface area contributed by atoms with Gasteiger partial charge in [-0.3, -0.25) is 0 Å². The number of alkyl halides is 1. The lowest BCUT2D eigenvalue weighted by Gasteiger charge is -2.01. The van der Waals surface area contributed by atoms with Crippen LogP contribution in [-0.4, -0.2) is 12.2 Å². The van der Waals surface area contributed by atoms with Crippen LogP contribution >= 0.6 is 0 Å². The molecule has 0 aromatic rings. The molecule has 12 heavy (non-hydrogen) atoms. The Labute approximate surface area is 73.1 Å². The van der Waals surface area contributed by atoms with Crippen LogP contribution in [0.25, 0.3) is 0 Å². The first kappa shape index (κ1) is 9.46. The molecular formula is C10H16FN. The van der Waals surface area contributed by atoms with Crippen molar-refractivity contribution in [2.45, 2.75) is 37.9 Å². The maximum atomic E-state index is 12.7. The number of nitrogens with two attached hydrogens (primary N) is 1. The third-order valence-electron chi connectivity index (χ3n) is 2.24. The van der Waals surface area contributed by atoms with Gasteiger partial charge < -0.3 is 5.73 Å². The highest BCUT2D eigenvalue weighted by atomic mass is 19.1. The van der Waals surface area contributed by atoms with Crippen molar-refractivity contribution in [1.29, 1.82) is 0 Å². The van der Waals surface area contributed by atoms with Gasteiger partial charge in [-0.15, -0.1) is 6.58 Å². The molecule has 0 bridgehead atoms. The van der Waals surface area contributed by atoms with Crippen molar-refractivity contribution in [1.82, 2.24) is 0 Å². The third-order valence-corrected chi connectivity index (χ3v) is 2.24. The minimum Gasteiger partial charge on any atom is -0.324 e. The summed E-state index contributed by atoms with van der Waals surface area (Å²) in [5.41, 5.74) is 6.85. The van der Waals surface area contributed by atoms with Crippen molar-refractivity contribution in [3.05, 3.63) is 24.3 Å². The maximum absolute atomic E-state index is 12.7. The lowest BCUT2D eigenvalue weighted by Crippen LogP contribution is -2.14. The number of hydrogen-bond acceptors (Lipinski definition) is 1. The molecule has 0 aromatic carbocycles. The summed E-state index contributed by atoms with van der Waals surface area (Å²) >= 11 is 0. The van der Waals surface area contributed by atoms with Gasteiger partial charge in [0, 0.05) is 6.04 Å². The average molecular weight is 169 g/mol. The molecule has 0 saturated heterocycles. The quantitative estimate of drug-likeness (QED) is 0.645. The molecule has 0 aliphatic heterocycles. The Morgan fingerprint density at radius 1 is 1.75 bits per heavy atom. The fourth-order valence-electron chi connectivity index (χ4n) is 1.41. The van der Waals surface area contributed by atoms with Crippen molar-refractivity contribution in [2.75, 3.05) is 0 Å². The van der Waals surface area contributed by atoms with Crippen LogP contribution in [0, 0.1) is 0 Å². The van der Waals surface area contributed by atoms with Gasteiger partial charge in [0.25, 0.3) is 0 Å². The fourth-order valence-corrected chi connectivity index (χ4v) is 1.41. The summed E-state index contributed by atoms with van der Waals surface area (Å²) in [6.07, 6.45) is 6.18. The Kier molecular flexibility index (Phi) is 3.48. The van der Waals surface area contributed by atoms with Gasteiger partial charge in [0.05, 0.1) is 0 Å². The molecule has 1 aliphatic rings. The molecule has 1 saturated carbocycles. The lowest BCUT2D eigenvalue weighted by atomic mass is 10.1. The monoisotopic (exact) mass is 169 g/mol. The van der Waals surface area contributed by atoms with Crippen molar-refractivity contribution in [3.63, 3.8) is 0 Å². The first-order chi connectivity index (χ1) is 5.72. The summed E-state index contributed by atoms with van der Waals surface area (Å²) < 4.78 is 12.7. The molecule has 0 aromatic heterocycles. The Hall–Kier alpha value is -0.630. The van der Waals surface area contributed by atoms with Gasteiger partial charge in [-0.05, 0) is 25.7 Å². The Morgan fingerprint density at radius 3 is 3.00 bits per heavy atom. The predicted octanol–water partition coefficient (Wildman–Crippen LogP) is 2.34. The first-order valence-corrected chi connectivity index (χ1v) is 4.42. The number of halogens is 1. The molecule has 2 heteroatoms. The molecule has 1 rings (SSSR count). The van der Waals surface area contributed by atoms with Gasteiger partial charge >= 0.3 is 0 Å². The highest BCUT2D eigenvalue weighted by Crippen LogP contribution is 2.27. The van der Waals surface area contributed by atoms with Gasteiger partial charge in [-0.2, -0.15) is 0 Å². The predicted molar refractivity (Wildman–Crippen MR) is 49.6 cm³/mol. The molecule has 0 amide bonds. The Morgan fingerprint density at radius 2 is 2.50 bits per heavy atom. The van der Waals surface area contributed by atoms with E-state index < -0.39 is 6.17 Å². The second-order valence-electron chi connectivity index (χ2n) is 3.34. The Bertz CT molecular complexity index is 186. The summed E-state index contributed by atoms with van der Waals surface area (Å²) in [5, 5.41) is 0. The van der Waals surface area contributed by atoms with Crippen LogP contribution in [-0.2, 0) is 0 Å². The SMILES string of the molecule is C=CC(N)C/C=C1\CCC(F)C1. The number of hydrogen-bond donors (Lipinski definition) is 1. The van der Waals surface area contributed by atoms with E-state index >= 15 is 0 Å². The van der Waals surface area contributed by atoms with Gasteiger partial charge in [0.15, 0.2) is 0 Å². The number of rotatable bonds is 3. The van der Waals surface area contributed by atoms with E-state index in [2.05, 4.69) is 12.7 Å². The van der Waals surface area contributed by atoms with Crippen LogP contribution in [0.2, 0.25) is 0 Å². The molecule has 0 spiro atoms. The second-order valence-corrected chi connectivity index (χ2v) is 3.34. The van der Waals surface area contributed by atoms with Gasteiger partial charge in [-0.25, -0.2) is 4.39 Å². The van der Waals surface area contributed by atoms with Crippen molar-refractivity contribution >= 4 is 0 Å². The molecule has 1 fully saturated rings. The Balaban J connectivity index is 2.32. The van der Waals surface area contributed by atoms with Gasteiger partial charge in [0.1, 0.15) is 6.17 Å². The highest BCUT2D eigenvalue weighted by molar-refractivity contribution is 5.10. The molecule has 2 atom stereocenters. The van der Waals surface area contributed by atoms with Gasteiger partial charge in [-0.1, -0.05) is 17.7 Å². The third kappa shape index (κ3) is 2.78. The standard InChI is InChI=1S/C10H16FN/c1-2-10(12)6-4-8-3-5-9(11)7-8/h2,4,9-10H,1,3,5-7,12H2/b8-4+. The molecular weight excluding hydrogens is 153 g/mol. The normalized spacial score (nSPS) is 29.2. The van der Waals surface area contributed by atoms with E-state index in [1.807, 2.05) is 0 Å². The van der Waals surface area contributed by atoms with E-state index in [0.29, 0.717) is 12.8 Å². The van der Waals surface area contributed by atoms with Crippen LogP contribution in [0.1, 0.15) is 25.7 Å². The number of allylic oxidation sites excluding steroid dienone is 1. The largest absolute Gasteiger partial charge is 0.324 e. The lowest BCUT2D eigenvalue weighted by molar-refractivity contribution is 0.347. The summed E-state index contributed by atoms with van der Waals surface area (Å²) in [5.74, 6) is 0. The molecule has 1 nitrogen and oxygen atoms in total. The molecule has 68 valence electrons. The van der Waals surface area contributed by atoms with Crippen molar-refractivity contribution < 1.29 is 4.39 Å². The van der Waals surface area contributed by atoms with E-state index in [1.54, 1.807) is 6.08 Å². The van der Waals surface area contributed by atoms with E-state index in [4.69, 9.17) is 5.73 Å². The zero-order chi connectivity index (χ0) is 8.97.